The Morgan fingerprint density at radius 3 is 1.43 bits per heavy atom. The summed E-state index contributed by atoms with van der Waals surface area (Å²) in [6, 6.07) is 72.1. The Morgan fingerprint density at radius 1 is 0.431 bits per heavy atom. The minimum atomic E-state index is -0.351. The van der Waals surface area contributed by atoms with Gasteiger partial charge in [0.15, 0.2) is 0 Å². The monoisotopic (exact) mass is 741 g/mol. The molecule has 1 atom stereocenters. The third-order valence-electron chi connectivity index (χ3n) is 12.8. The summed E-state index contributed by atoms with van der Waals surface area (Å²) in [4.78, 5) is 2.39. The zero-order chi connectivity index (χ0) is 38.8. The molecular weight excluding hydrogens is 699 g/mol. The molecule has 0 aliphatic heterocycles. The van der Waals surface area contributed by atoms with Crippen LogP contribution < -0.4 is 4.90 Å². The van der Waals surface area contributed by atoms with E-state index in [-0.39, 0.29) is 11.3 Å². The van der Waals surface area contributed by atoms with Crippen molar-refractivity contribution in [2.75, 3.05) is 4.90 Å². The zero-order valence-corrected chi connectivity index (χ0v) is 32.9. The number of rotatable bonds is 6. The Morgan fingerprint density at radius 2 is 0.897 bits per heavy atom. The second kappa shape index (κ2) is 13.6. The highest BCUT2D eigenvalue weighted by atomic mass is 15.1. The molecule has 3 aliphatic carbocycles. The van der Waals surface area contributed by atoms with Gasteiger partial charge in [-0.05, 0) is 129 Å². The van der Waals surface area contributed by atoms with Crippen LogP contribution in [0, 0.1) is 13.8 Å². The van der Waals surface area contributed by atoms with Gasteiger partial charge in [0, 0.05) is 23.0 Å². The topological polar surface area (TPSA) is 3.24 Å². The average Bonchev–Trinajstić information content (AvgIpc) is 3.74. The molecule has 0 fully saturated rings. The molecule has 3 aliphatic rings. The number of benzene rings is 8. The van der Waals surface area contributed by atoms with E-state index in [4.69, 9.17) is 0 Å². The first kappa shape index (κ1) is 34.3. The third kappa shape index (κ3) is 5.31. The smallest absolute Gasteiger partial charge is 0.0694 e. The Hall–Kier alpha value is -6.96. The third-order valence-corrected chi connectivity index (χ3v) is 12.8. The van der Waals surface area contributed by atoms with Crippen LogP contribution in [0.25, 0.3) is 39.0 Å². The molecule has 1 nitrogen and oxygen atoms in total. The van der Waals surface area contributed by atoms with Crippen molar-refractivity contribution in [3.8, 4) is 33.4 Å². The van der Waals surface area contributed by atoms with Crippen molar-refractivity contribution in [2.45, 2.75) is 31.6 Å². The maximum absolute atomic E-state index is 2.47. The Bertz CT molecular complexity index is 2760. The molecule has 0 radical (unpaired) electrons. The summed E-state index contributed by atoms with van der Waals surface area (Å²) in [5, 5.41) is 0. The molecule has 11 rings (SSSR count). The highest BCUT2D eigenvalue weighted by Crippen LogP contribution is 2.66. The summed E-state index contributed by atoms with van der Waals surface area (Å²) in [5.41, 5.74) is 23.1. The van der Waals surface area contributed by atoms with Gasteiger partial charge in [0.25, 0.3) is 0 Å². The van der Waals surface area contributed by atoms with Crippen LogP contribution in [0.2, 0.25) is 0 Å². The number of nitrogens with zero attached hydrogens (tertiary/aromatic N) is 1. The standard InChI is InChI=1S/C57H43N/c1-38-20-34-50-51-35-21-39(2)37-55(51)57(54(50)36-38)53-19-10-9-16-49(53)52-18-11-17-48(56(52)57)44-26-32-47(33-27-44)58(45-28-22-42(23-29-45)40-12-5-3-6-13-40)46-30-24-43(25-31-46)41-14-7-4-8-15-41/h3-16,18-37,48H,17H2,1-2H3. The largest absolute Gasteiger partial charge is 0.311 e. The van der Waals surface area contributed by atoms with Crippen LogP contribution in [-0.2, 0) is 5.41 Å². The Labute approximate surface area is 341 Å². The summed E-state index contributed by atoms with van der Waals surface area (Å²) >= 11 is 0. The van der Waals surface area contributed by atoms with Crippen LogP contribution in [0.4, 0.5) is 17.1 Å². The lowest BCUT2D eigenvalue weighted by Gasteiger charge is -2.38. The second-order valence-electron chi connectivity index (χ2n) is 16.2. The summed E-state index contributed by atoms with van der Waals surface area (Å²) in [5.74, 6) is 0.213. The van der Waals surface area contributed by atoms with E-state index in [9.17, 15) is 0 Å². The molecule has 8 aromatic rings. The van der Waals surface area contributed by atoms with Gasteiger partial charge in [-0.1, -0.05) is 181 Å². The normalized spacial score (nSPS) is 15.5. The van der Waals surface area contributed by atoms with Crippen molar-refractivity contribution in [2.24, 2.45) is 0 Å². The number of hydrogen-bond donors (Lipinski definition) is 0. The lowest BCUT2D eigenvalue weighted by molar-refractivity contribution is 0.655. The highest BCUT2D eigenvalue weighted by molar-refractivity contribution is 5.98. The Balaban J connectivity index is 1.03. The van der Waals surface area contributed by atoms with Gasteiger partial charge >= 0.3 is 0 Å². The first-order chi connectivity index (χ1) is 28.6. The van der Waals surface area contributed by atoms with Gasteiger partial charge in [0.1, 0.15) is 0 Å². The molecule has 0 aromatic heterocycles. The van der Waals surface area contributed by atoms with Crippen molar-refractivity contribution >= 4 is 22.6 Å². The molecule has 276 valence electrons. The summed E-state index contributed by atoms with van der Waals surface area (Å²) in [7, 11) is 0. The van der Waals surface area contributed by atoms with Gasteiger partial charge in [-0.15, -0.1) is 0 Å². The molecule has 0 N–H and O–H groups in total. The fraction of sp³-hybridized carbons (Fsp3) is 0.0877. The summed E-state index contributed by atoms with van der Waals surface area (Å²) < 4.78 is 0. The van der Waals surface area contributed by atoms with Crippen molar-refractivity contribution in [1.82, 2.24) is 0 Å². The lowest BCUT2D eigenvalue weighted by Crippen LogP contribution is -2.31. The first-order valence-electron chi connectivity index (χ1n) is 20.5. The highest BCUT2D eigenvalue weighted by Gasteiger charge is 2.55. The van der Waals surface area contributed by atoms with Crippen LogP contribution in [0.1, 0.15) is 51.3 Å². The minimum absolute atomic E-state index is 0.213. The van der Waals surface area contributed by atoms with Crippen LogP contribution in [0.15, 0.2) is 212 Å². The summed E-state index contributed by atoms with van der Waals surface area (Å²) in [6.45, 7) is 4.48. The molecule has 0 bridgehead atoms. The molecule has 0 saturated carbocycles. The van der Waals surface area contributed by atoms with Crippen LogP contribution in [0.5, 0.6) is 0 Å². The van der Waals surface area contributed by atoms with E-state index in [0.717, 1.165) is 23.5 Å². The SMILES string of the molecule is Cc1ccc2c(c1)C1(C3=C(C=CCC3c3ccc(N(c4ccc(-c5ccccc5)cc4)c4ccc(-c5ccccc5)cc4)cc3)c3ccccc31)c1cc(C)ccc1-2. The molecule has 0 saturated heterocycles. The maximum atomic E-state index is 2.47. The van der Waals surface area contributed by atoms with Gasteiger partial charge in [-0.2, -0.15) is 0 Å². The number of fused-ring (bicyclic) bond motifs is 9. The lowest BCUT2D eigenvalue weighted by atomic mass is 9.63. The number of anilines is 3. The Kier molecular flexibility index (Phi) is 8.05. The zero-order valence-electron chi connectivity index (χ0n) is 32.9. The van der Waals surface area contributed by atoms with Gasteiger partial charge in [0.2, 0.25) is 0 Å². The van der Waals surface area contributed by atoms with E-state index >= 15 is 0 Å². The fourth-order valence-electron chi connectivity index (χ4n) is 10.2. The second-order valence-corrected chi connectivity index (χ2v) is 16.2. The van der Waals surface area contributed by atoms with E-state index in [1.54, 1.807) is 0 Å². The molecule has 0 amide bonds. The number of allylic oxidation sites excluding steroid dienone is 4. The van der Waals surface area contributed by atoms with Crippen molar-refractivity contribution in [3.05, 3.63) is 251 Å². The van der Waals surface area contributed by atoms with Crippen molar-refractivity contribution < 1.29 is 0 Å². The van der Waals surface area contributed by atoms with Crippen LogP contribution in [0.3, 0.4) is 0 Å². The predicted molar refractivity (Wildman–Crippen MR) is 243 cm³/mol. The van der Waals surface area contributed by atoms with Crippen molar-refractivity contribution in [1.29, 1.82) is 0 Å². The van der Waals surface area contributed by atoms with E-state index in [1.807, 2.05) is 0 Å². The van der Waals surface area contributed by atoms with E-state index in [0.29, 0.717) is 0 Å². The van der Waals surface area contributed by atoms with Crippen LogP contribution in [-0.4, -0.2) is 0 Å². The van der Waals surface area contributed by atoms with E-state index < -0.39 is 0 Å². The fourth-order valence-corrected chi connectivity index (χ4v) is 10.2. The van der Waals surface area contributed by atoms with Gasteiger partial charge in [-0.25, -0.2) is 0 Å². The molecule has 1 spiro atoms. The first-order valence-corrected chi connectivity index (χ1v) is 20.5. The minimum Gasteiger partial charge on any atom is -0.311 e. The quantitative estimate of drug-likeness (QED) is 0.164. The molecular formula is C57H43N. The van der Waals surface area contributed by atoms with Gasteiger partial charge in [-0.3, -0.25) is 0 Å². The van der Waals surface area contributed by atoms with E-state index in [1.165, 1.54) is 83.5 Å². The predicted octanol–water partition coefficient (Wildman–Crippen LogP) is 14.9. The number of aryl methyl sites for hydroxylation is 2. The van der Waals surface area contributed by atoms with Gasteiger partial charge < -0.3 is 4.90 Å². The number of hydrogen-bond acceptors (Lipinski definition) is 1. The molecule has 1 unspecified atom stereocenters. The van der Waals surface area contributed by atoms with E-state index in [2.05, 4.69) is 225 Å². The maximum Gasteiger partial charge on any atom is 0.0694 e. The molecule has 1 heteroatoms. The van der Waals surface area contributed by atoms with Crippen LogP contribution >= 0.6 is 0 Å². The average molecular weight is 742 g/mol. The molecule has 0 heterocycles. The molecule has 58 heavy (non-hydrogen) atoms. The summed E-state index contributed by atoms with van der Waals surface area (Å²) in [6.07, 6.45) is 5.78. The molecule has 8 aromatic carbocycles. The van der Waals surface area contributed by atoms with Gasteiger partial charge in [0.05, 0.1) is 5.41 Å². The van der Waals surface area contributed by atoms with Crippen molar-refractivity contribution in [3.63, 3.8) is 0 Å².